The Kier molecular flexibility index (Phi) is 4.27. The van der Waals surface area contributed by atoms with Gasteiger partial charge < -0.3 is 5.32 Å². The number of halogens is 1. The molecule has 3 rings (SSSR count). The second-order valence-electron chi connectivity index (χ2n) is 5.07. The third-order valence-electron chi connectivity index (χ3n) is 3.43. The van der Waals surface area contributed by atoms with Gasteiger partial charge in [0, 0.05) is 15.7 Å². The number of carbonyl (C=O) groups excluding carboxylic acids is 1. The van der Waals surface area contributed by atoms with Gasteiger partial charge in [-0.05, 0) is 32.0 Å². The van der Waals surface area contributed by atoms with E-state index in [0.717, 1.165) is 14.7 Å². The maximum atomic E-state index is 12.1. The van der Waals surface area contributed by atoms with E-state index < -0.39 is 0 Å². The Hall–Kier alpha value is -2.06. The van der Waals surface area contributed by atoms with E-state index >= 15 is 0 Å². The van der Waals surface area contributed by atoms with Crippen molar-refractivity contribution in [1.82, 2.24) is 14.5 Å². The molecule has 6 nitrogen and oxygen atoms in total. The normalized spacial score (nSPS) is 10.9. The summed E-state index contributed by atoms with van der Waals surface area (Å²) < 4.78 is 3.22. The molecule has 0 bridgehead atoms. The molecule has 0 fully saturated rings. The van der Waals surface area contributed by atoms with Crippen LogP contribution in [-0.4, -0.2) is 20.4 Å². The summed E-state index contributed by atoms with van der Waals surface area (Å²) in [5.41, 5.74) is 1.83. The van der Waals surface area contributed by atoms with Crippen molar-refractivity contribution < 1.29 is 4.79 Å². The Bertz CT molecular complexity index is 964. The second kappa shape index (κ2) is 6.21. The minimum atomic E-state index is -0.310. The first-order chi connectivity index (χ1) is 10.9. The Labute approximate surface area is 144 Å². The number of nitrogens with zero attached hydrogens (tertiary/aromatic N) is 3. The van der Waals surface area contributed by atoms with Gasteiger partial charge in [0.1, 0.15) is 6.54 Å². The van der Waals surface area contributed by atoms with Crippen LogP contribution in [0.5, 0.6) is 0 Å². The topological polar surface area (TPSA) is 76.9 Å². The van der Waals surface area contributed by atoms with Gasteiger partial charge in [0.05, 0.1) is 16.5 Å². The lowest BCUT2D eigenvalue weighted by Crippen LogP contribution is -2.29. The molecular weight excluding hydrogens is 380 g/mol. The third kappa shape index (κ3) is 3.32. The molecule has 0 saturated carbocycles. The number of carbonyl (C=O) groups is 1. The molecule has 1 amide bonds. The van der Waals surface area contributed by atoms with Crippen LogP contribution in [0.2, 0.25) is 0 Å². The smallest absolute Gasteiger partial charge is 0.256 e. The van der Waals surface area contributed by atoms with Crippen LogP contribution in [0.4, 0.5) is 5.13 Å². The van der Waals surface area contributed by atoms with Gasteiger partial charge in [0.15, 0.2) is 5.13 Å². The van der Waals surface area contributed by atoms with Gasteiger partial charge >= 0.3 is 0 Å². The zero-order valence-corrected chi connectivity index (χ0v) is 14.9. The van der Waals surface area contributed by atoms with Gasteiger partial charge in [0.25, 0.3) is 5.56 Å². The predicted octanol–water partition coefficient (Wildman–Crippen LogP) is 2.87. The highest BCUT2D eigenvalue weighted by Crippen LogP contribution is 2.28. The SMILES string of the molecule is Cc1ncn(CC(=O)Nc2nc3ccc(Br)cc3s2)c(=O)c1C. The Morgan fingerprint density at radius 3 is 2.96 bits per heavy atom. The fourth-order valence-corrected chi connectivity index (χ4v) is 3.49. The van der Waals surface area contributed by atoms with Crippen LogP contribution in [0.3, 0.4) is 0 Å². The molecule has 0 radical (unpaired) electrons. The highest BCUT2D eigenvalue weighted by atomic mass is 79.9. The lowest BCUT2D eigenvalue weighted by molar-refractivity contribution is -0.116. The summed E-state index contributed by atoms with van der Waals surface area (Å²) in [6.45, 7) is 3.37. The average Bonchev–Trinajstić information content (AvgIpc) is 2.89. The standard InChI is InChI=1S/C15H13BrN4O2S/c1-8-9(2)17-7-20(14(8)22)6-13(21)19-15-18-11-4-3-10(16)5-12(11)23-15/h3-5,7H,6H2,1-2H3,(H,18,19,21). The number of amides is 1. The summed E-state index contributed by atoms with van der Waals surface area (Å²) >= 11 is 4.79. The molecule has 8 heteroatoms. The molecule has 2 aromatic heterocycles. The highest BCUT2D eigenvalue weighted by Gasteiger charge is 2.11. The first kappa shape index (κ1) is 15.8. The lowest BCUT2D eigenvalue weighted by atomic mass is 10.3. The molecule has 0 unspecified atom stereocenters. The molecule has 0 aliphatic carbocycles. The molecule has 3 aromatic rings. The molecule has 23 heavy (non-hydrogen) atoms. The van der Waals surface area contributed by atoms with Gasteiger partial charge in [-0.2, -0.15) is 0 Å². The molecule has 0 saturated heterocycles. The average molecular weight is 393 g/mol. The number of benzene rings is 1. The highest BCUT2D eigenvalue weighted by molar-refractivity contribution is 9.10. The number of fused-ring (bicyclic) bond motifs is 1. The zero-order chi connectivity index (χ0) is 16.6. The molecule has 118 valence electrons. The Morgan fingerprint density at radius 1 is 1.39 bits per heavy atom. The number of anilines is 1. The number of rotatable bonds is 3. The summed E-state index contributed by atoms with van der Waals surface area (Å²) in [5.74, 6) is -0.310. The van der Waals surface area contributed by atoms with Crippen molar-refractivity contribution in [3.8, 4) is 0 Å². The van der Waals surface area contributed by atoms with E-state index in [1.807, 2.05) is 18.2 Å². The molecule has 2 heterocycles. The summed E-state index contributed by atoms with van der Waals surface area (Å²) in [5, 5.41) is 3.23. The fourth-order valence-electron chi connectivity index (χ4n) is 2.05. The van der Waals surface area contributed by atoms with Crippen LogP contribution in [0, 0.1) is 13.8 Å². The Morgan fingerprint density at radius 2 is 2.17 bits per heavy atom. The van der Waals surface area contributed by atoms with Crippen molar-refractivity contribution in [3.63, 3.8) is 0 Å². The minimum Gasteiger partial charge on any atom is -0.300 e. The number of hydrogen-bond donors (Lipinski definition) is 1. The summed E-state index contributed by atoms with van der Waals surface area (Å²) in [4.78, 5) is 32.7. The van der Waals surface area contributed by atoms with Crippen LogP contribution in [0.15, 0.2) is 33.8 Å². The lowest BCUT2D eigenvalue weighted by Gasteiger charge is -2.07. The van der Waals surface area contributed by atoms with E-state index in [1.54, 1.807) is 13.8 Å². The van der Waals surface area contributed by atoms with Crippen molar-refractivity contribution in [2.75, 3.05) is 5.32 Å². The second-order valence-corrected chi connectivity index (χ2v) is 7.01. The van der Waals surface area contributed by atoms with Crippen LogP contribution in [0.1, 0.15) is 11.3 Å². The summed E-state index contributed by atoms with van der Waals surface area (Å²) in [6, 6.07) is 5.72. The van der Waals surface area contributed by atoms with E-state index in [1.165, 1.54) is 22.2 Å². The van der Waals surface area contributed by atoms with Crippen molar-refractivity contribution >= 4 is 48.5 Å². The van der Waals surface area contributed by atoms with Gasteiger partial charge in [-0.25, -0.2) is 9.97 Å². The molecule has 1 aromatic carbocycles. The predicted molar refractivity (Wildman–Crippen MR) is 93.9 cm³/mol. The fraction of sp³-hybridized carbons (Fsp3) is 0.200. The molecule has 1 N–H and O–H groups in total. The van der Waals surface area contributed by atoms with Crippen molar-refractivity contribution in [1.29, 1.82) is 0 Å². The number of hydrogen-bond acceptors (Lipinski definition) is 5. The van der Waals surface area contributed by atoms with Crippen molar-refractivity contribution in [2.45, 2.75) is 20.4 Å². The van der Waals surface area contributed by atoms with Crippen LogP contribution in [-0.2, 0) is 11.3 Å². The quantitative estimate of drug-likeness (QED) is 0.743. The molecule has 0 spiro atoms. The van der Waals surface area contributed by atoms with Gasteiger partial charge in [-0.3, -0.25) is 14.2 Å². The van der Waals surface area contributed by atoms with E-state index in [9.17, 15) is 9.59 Å². The first-order valence-electron chi connectivity index (χ1n) is 6.82. The molecule has 0 aliphatic heterocycles. The zero-order valence-electron chi connectivity index (χ0n) is 12.5. The molecule has 0 aliphatic rings. The van der Waals surface area contributed by atoms with E-state index in [0.29, 0.717) is 16.4 Å². The summed E-state index contributed by atoms with van der Waals surface area (Å²) in [7, 11) is 0. The molecular formula is C15H13BrN4O2S. The maximum Gasteiger partial charge on any atom is 0.256 e. The minimum absolute atomic E-state index is 0.0907. The Balaban J connectivity index is 1.78. The van der Waals surface area contributed by atoms with Gasteiger partial charge in [-0.1, -0.05) is 27.3 Å². The van der Waals surface area contributed by atoms with Crippen molar-refractivity contribution in [3.05, 3.63) is 50.6 Å². The number of aryl methyl sites for hydroxylation is 1. The van der Waals surface area contributed by atoms with Gasteiger partial charge in [-0.15, -0.1) is 0 Å². The monoisotopic (exact) mass is 392 g/mol. The van der Waals surface area contributed by atoms with E-state index in [4.69, 9.17) is 0 Å². The third-order valence-corrected chi connectivity index (χ3v) is 4.85. The first-order valence-corrected chi connectivity index (χ1v) is 8.43. The number of thiazole rings is 1. The molecule has 0 atom stereocenters. The van der Waals surface area contributed by atoms with E-state index in [-0.39, 0.29) is 18.0 Å². The number of aromatic nitrogens is 3. The van der Waals surface area contributed by atoms with Crippen LogP contribution < -0.4 is 10.9 Å². The van der Waals surface area contributed by atoms with Crippen LogP contribution in [0.25, 0.3) is 10.2 Å². The maximum absolute atomic E-state index is 12.1. The van der Waals surface area contributed by atoms with Crippen LogP contribution >= 0.6 is 27.3 Å². The largest absolute Gasteiger partial charge is 0.300 e. The van der Waals surface area contributed by atoms with Gasteiger partial charge in [0.2, 0.25) is 5.91 Å². The number of nitrogens with one attached hydrogen (secondary N) is 1. The summed E-state index contributed by atoms with van der Waals surface area (Å²) in [6.07, 6.45) is 1.39. The van der Waals surface area contributed by atoms with E-state index in [2.05, 4.69) is 31.2 Å². The van der Waals surface area contributed by atoms with Crippen molar-refractivity contribution in [2.24, 2.45) is 0 Å².